The Kier molecular flexibility index (Phi) is 5.90. The summed E-state index contributed by atoms with van der Waals surface area (Å²) in [5.41, 5.74) is 7.62. The van der Waals surface area contributed by atoms with E-state index in [1.165, 1.54) is 5.56 Å². The molecule has 4 rings (SSSR count). The monoisotopic (exact) mass is 432 g/mol. The molecule has 0 amide bonds. The van der Waals surface area contributed by atoms with Crippen molar-refractivity contribution in [2.24, 2.45) is 5.10 Å². The molecule has 0 saturated carbocycles. The van der Waals surface area contributed by atoms with E-state index in [-0.39, 0.29) is 5.95 Å². The van der Waals surface area contributed by atoms with Crippen molar-refractivity contribution in [2.45, 2.75) is 20.8 Å². The molecular weight excluding hydrogens is 412 g/mol. The summed E-state index contributed by atoms with van der Waals surface area (Å²) in [7, 11) is 0. The molecular formula is C22H21ClN8. The second-order valence-corrected chi connectivity index (χ2v) is 7.47. The fourth-order valence-electron chi connectivity index (χ4n) is 2.88. The number of hydrazone groups is 1. The fraction of sp³-hybridized carbons (Fsp3) is 0.136. The number of rotatable bonds is 6. The zero-order chi connectivity index (χ0) is 21.8. The molecule has 31 heavy (non-hydrogen) atoms. The van der Waals surface area contributed by atoms with Crippen molar-refractivity contribution in [3.8, 4) is 5.95 Å². The highest BCUT2D eigenvalue weighted by molar-refractivity contribution is 6.30. The van der Waals surface area contributed by atoms with Crippen molar-refractivity contribution in [1.82, 2.24) is 24.7 Å². The summed E-state index contributed by atoms with van der Waals surface area (Å²) in [6.45, 7) is 5.90. The first-order valence-corrected chi connectivity index (χ1v) is 10.0. The second kappa shape index (κ2) is 8.93. The van der Waals surface area contributed by atoms with E-state index in [2.05, 4.69) is 35.9 Å². The van der Waals surface area contributed by atoms with Gasteiger partial charge in [-0.15, -0.1) is 0 Å². The first-order chi connectivity index (χ1) is 15.0. The number of benzene rings is 2. The third kappa shape index (κ3) is 5.23. The maximum Gasteiger partial charge on any atom is 0.257 e. The SMILES string of the molecule is Cc1ccc(/C=N/Nc2nc(Nc3ccc(Cl)cc3)nc(-n3nc(C)cc3C)n2)cc1. The number of aryl methyl sites for hydroxylation is 3. The number of hydrogen-bond donors (Lipinski definition) is 2. The molecule has 0 unspecified atom stereocenters. The Morgan fingerprint density at radius 2 is 1.61 bits per heavy atom. The van der Waals surface area contributed by atoms with Gasteiger partial charge in [0.15, 0.2) is 0 Å². The van der Waals surface area contributed by atoms with Crippen LogP contribution in [-0.4, -0.2) is 30.9 Å². The van der Waals surface area contributed by atoms with Crippen LogP contribution < -0.4 is 10.7 Å². The Balaban J connectivity index is 1.64. The zero-order valence-electron chi connectivity index (χ0n) is 17.3. The molecule has 0 aliphatic rings. The Morgan fingerprint density at radius 1 is 0.903 bits per heavy atom. The Morgan fingerprint density at radius 3 is 2.29 bits per heavy atom. The Labute approximate surface area is 185 Å². The minimum absolute atomic E-state index is 0.289. The number of nitrogens with one attached hydrogen (secondary N) is 2. The quantitative estimate of drug-likeness (QED) is 0.335. The summed E-state index contributed by atoms with van der Waals surface area (Å²) in [6.07, 6.45) is 1.71. The van der Waals surface area contributed by atoms with Crippen LogP contribution in [0.15, 0.2) is 59.7 Å². The summed E-state index contributed by atoms with van der Waals surface area (Å²) in [5.74, 6) is 1.02. The zero-order valence-corrected chi connectivity index (χ0v) is 18.1. The van der Waals surface area contributed by atoms with Gasteiger partial charge < -0.3 is 5.32 Å². The minimum Gasteiger partial charge on any atom is -0.324 e. The van der Waals surface area contributed by atoms with Gasteiger partial charge in [-0.1, -0.05) is 41.4 Å². The van der Waals surface area contributed by atoms with E-state index in [1.54, 1.807) is 23.0 Å². The normalized spacial score (nSPS) is 11.1. The van der Waals surface area contributed by atoms with Gasteiger partial charge in [-0.2, -0.15) is 25.2 Å². The van der Waals surface area contributed by atoms with E-state index in [0.29, 0.717) is 16.9 Å². The molecule has 9 heteroatoms. The molecule has 0 spiro atoms. The average molecular weight is 433 g/mol. The Hall–Kier alpha value is -3.78. The van der Waals surface area contributed by atoms with Gasteiger partial charge in [0.25, 0.3) is 5.95 Å². The number of anilines is 3. The maximum atomic E-state index is 5.97. The summed E-state index contributed by atoms with van der Waals surface area (Å²) in [5, 5.41) is 12.5. The van der Waals surface area contributed by atoms with Crippen LogP contribution in [0.4, 0.5) is 17.6 Å². The van der Waals surface area contributed by atoms with Crippen LogP contribution in [0.25, 0.3) is 5.95 Å². The largest absolute Gasteiger partial charge is 0.324 e. The standard InChI is InChI=1S/C22H21ClN8/c1-14-4-6-17(7-5-14)13-24-29-21-26-20(25-19-10-8-18(23)9-11-19)27-22(28-21)31-16(3)12-15(2)30-31/h4-13H,1-3H3,(H2,25,26,27,28,29)/b24-13+. The first-order valence-electron chi connectivity index (χ1n) is 9.64. The predicted molar refractivity (Wildman–Crippen MR) is 124 cm³/mol. The van der Waals surface area contributed by atoms with Gasteiger partial charge >= 0.3 is 0 Å². The fourth-order valence-corrected chi connectivity index (χ4v) is 3.00. The smallest absolute Gasteiger partial charge is 0.257 e. The second-order valence-electron chi connectivity index (χ2n) is 7.03. The van der Waals surface area contributed by atoms with Crippen molar-refractivity contribution in [1.29, 1.82) is 0 Å². The number of halogens is 1. The van der Waals surface area contributed by atoms with Crippen molar-refractivity contribution in [2.75, 3.05) is 10.7 Å². The third-order valence-corrected chi connectivity index (χ3v) is 4.63. The predicted octanol–water partition coefficient (Wildman–Crippen LogP) is 4.83. The van der Waals surface area contributed by atoms with Gasteiger partial charge in [0.05, 0.1) is 11.9 Å². The molecule has 2 aromatic heterocycles. The lowest BCUT2D eigenvalue weighted by Gasteiger charge is -2.09. The van der Waals surface area contributed by atoms with Crippen molar-refractivity contribution in [3.63, 3.8) is 0 Å². The number of hydrogen-bond acceptors (Lipinski definition) is 7. The molecule has 0 aliphatic heterocycles. The highest BCUT2D eigenvalue weighted by Crippen LogP contribution is 2.19. The molecule has 2 aromatic carbocycles. The average Bonchev–Trinajstić information content (AvgIpc) is 3.09. The van der Waals surface area contributed by atoms with Crippen LogP contribution in [0.5, 0.6) is 0 Å². The van der Waals surface area contributed by atoms with Gasteiger partial charge in [0, 0.05) is 16.4 Å². The molecule has 0 atom stereocenters. The molecule has 2 N–H and O–H groups in total. The van der Waals surface area contributed by atoms with Crippen molar-refractivity contribution < 1.29 is 0 Å². The topological polar surface area (TPSA) is 92.9 Å². The molecule has 0 radical (unpaired) electrons. The van der Waals surface area contributed by atoms with Gasteiger partial charge in [-0.3, -0.25) is 0 Å². The highest BCUT2D eigenvalue weighted by atomic mass is 35.5. The van der Waals surface area contributed by atoms with Gasteiger partial charge in [-0.05, 0) is 56.7 Å². The van der Waals surface area contributed by atoms with Crippen molar-refractivity contribution in [3.05, 3.63) is 82.1 Å². The van der Waals surface area contributed by atoms with Gasteiger partial charge in [-0.25, -0.2) is 10.1 Å². The van der Waals surface area contributed by atoms with Crippen LogP contribution in [-0.2, 0) is 0 Å². The molecule has 2 heterocycles. The van der Waals surface area contributed by atoms with Crippen molar-refractivity contribution >= 4 is 35.4 Å². The molecule has 0 aliphatic carbocycles. The van der Waals surface area contributed by atoms with E-state index < -0.39 is 0 Å². The lowest BCUT2D eigenvalue weighted by atomic mass is 10.2. The summed E-state index contributed by atoms with van der Waals surface area (Å²) < 4.78 is 1.67. The van der Waals surface area contributed by atoms with Crippen LogP contribution >= 0.6 is 11.6 Å². The molecule has 0 bridgehead atoms. The summed E-state index contributed by atoms with van der Waals surface area (Å²) in [4.78, 5) is 13.4. The van der Waals surface area contributed by atoms with E-state index in [9.17, 15) is 0 Å². The van der Waals surface area contributed by atoms with Gasteiger partial charge in [0.2, 0.25) is 11.9 Å². The highest BCUT2D eigenvalue weighted by Gasteiger charge is 2.12. The molecule has 156 valence electrons. The van der Waals surface area contributed by atoms with Crippen LogP contribution in [0.2, 0.25) is 5.02 Å². The maximum absolute atomic E-state index is 5.97. The molecule has 4 aromatic rings. The molecule has 0 fully saturated rings. The van der Waals surface area contributed by atoms with E-state index >= 15 is 0 Å². The minimum atomic E-state index is 0.289. The first kappa shape index (κ1) is 20.5. The molecule has 8 nitrogen and oxygen atoms in total. The van der Waals surface area contributed by atoms with Crippen LogP contribution in [0.3, 0.4) is 0 Å². The molecule has 0 saturated heterocycles. The lowest BCUT2D eigenvalue weighted by Crippen LogP contribution is -2.11. The number of nitrogens with zero attached hydrogens (tertiary/aromatic N) is 6. The van der Waals surface area contributed by atoms with E-state index in [4.69, 9.17) is 11.6 Å². The van der Waals surface area contributed by atoms with Gasteiger partial charge in [0.1, 0.15) is 0 Å². The third-order valence-electron chi connectivity index (χ3n) is 4.38. The summed E-state index contributed by atoms with van der Waals surface area (Å²) >= 11 is 5.97. The van der Waals surface area contributed by atoms with E-state index in [1.807, 2.05) is 63.2 Å². The summed E-state index contributed by atoms with van der Waals surface area (Å²) in [6, 6.07) is 17.3. The van der Waals surface area contributed by atoms with Crippen LogP contribution in [0.1, 0.15) is 22.5 Å². The lowest BCUT2D eigenvalue weighted by molar-refractivity contribution is 0.767. The Bertz CT molecular complexity index is 1210. The van der Waals surface area contributed by atoms with E-state index in [0.717, 1.165) is 22.6 Å². The number of aromatic nitrogens is 5. The van der Waals surface area contributed by atoms with Crippen LogP contribution in [0, 0.1) is 20.8 Å².